The predicted octanol–water partition coefficient (Wildman–Crippen LogP) is 2.55. The zero-order valence-electron chi connectivity index (χ0n) is 10.1. The van der Waals surface area contributed by atoms with Crippen molar-refractivity contribution in [2.24, 2.45) is 0 Å². The Kier molecular flexibility index (Phi) is 3.85. The summed E-state index contributed by atoms with van der Waals surface area (Å²) in [4.78, 5) is 4.18. The molecule has 0 aromatic carbocycles. The quantitative estimate of drug-likeness (QED) is 0.697. The summed E-state index contributed by atoms with van der Waals surface area (Å²) in [7, 11) is 0. The normalized spacial score (nSPS) is 15.4. The molecule has 0 saturated heterocycles. The lowest BCUT2D eigenvalue weighted by Gasteiger charge is -2.13. The fraction of sp³-hybridized carbons (Fsp3) is 0.462. The third-order valence-electron chi connectivity index (χ3n) is 3.09. The first-order valence-electron chi connectivity index (χ1n) is 6.19. The van der Waals surface area contributed by atoms with Crippen molar-refractivity contribution in [3.8, 4) is 0 Å². The minimum absolute atomic E-state index is 0.395. The highest BCUT2D eigenvalue weighted by Crippen LogP contribution is 2.20. The number of hydrogen-bond acceptors (Lipinski definition) is 4. The van der Waals surface area contributed by atoms with Gasteiger partial charge < -0.3 is 16.8 Å². The smallest absolute Gasteiger partial charge is 0.149 e. The summed E-state index contributed by atoms with van der Waals surface area (Å²) in [5.74, 6) is 1.19. The van der Waals surface area contributed by atoms with E-state index in [2.05, 4.69) is 16.4 Å². The standard InChI is InChI=1S/C13H20N4/c14-11-6-7-12(17-13(11)15)16-9-8-10-4-2-1-3-5-10/h4,6-7H,1-3,5,8-9,14H2,(H3,15,16,17). The van der Waals surface area contributed by atoms with Gasteiger partial charge >= 0.3 is 0 Å². The van der Waals surface area contributed by atoms with Crippen molar-refractivity contribution in [3.05, 3.63) is 23.8 Å². The number of nitrogens with one attached hydrogen (secondary N) is 1. The van der Waals surface area contributed by atoms with E-state index in [0.29, 0.717) is 11.5 Å². The molecule has 0 fully saturated rings. The molecule has 2 rings (SSSR count). The molecular formula is C13H20N4. The second-order valence-corrected chi connectivity index (χ2v) is 4.46. The number of nitrogen functional groups attached to an aromatic ring is 2. The molecular weight excluding hydrogens is 212 g/mol. The molecule has 1 aromatic rings. The molecule has 0 radical (unpaired) electrons. The monoisotopic (exact) mass is 232 g/mol. The van der Waals surface area contributed by atoms with Crippen LogP contribution in [0.15, 0.2) is 23.8 Å². The summed E-state index contributed by atoms with van der Waals surface area (Å²) < 4.78 is 0. The fourth-order valence-electron chi connectivity index (χ4n) is 2.07. The fourth-order valence-corrected chi connectivity index (χ4v) is 2.07. The molecule has 4 heteroatoms. The summed E-state index contributed by atoms with van der Waals surface area (Å²) in [6.07, 6.45) is 8.62. The molecule has 0 atom stereocenters. The topological polar surface area (TPSA) is 77.0 Å². The highest BCUT2D eigenvalue weighted by atomic mass is 15.0. The highest BCUT2D eigenvalue weighted by Gasteiger charge is 2.03. The number of anilines is 3. The predicted molar refractivity (Wildman–Crippen MR) is 72.7 cm³/mol. The van der Waals surface area contributed by atoms with Gasteiger partial charge in [0.2, 0.25) is 0 Å². The van der Waals surface area contributed by atoms with E-state index >= 15 is 0 Å². The Bertz CT molecular complexity index is 412. The molecule has 5 N–H and O–H groups in total. The average Bonchev–Trinajstić information content (AvgIpc) is 2.35. The first kappa shape index (κ1) is 11.8. The van der Waals surface area contributed by atoms with E-state index in [0.717, 1.165) is 18.8 Å². The van der Waals surface area contributed by atoms with Crippen molar-refractivity contribution in [3.63, 3.8) is 0 Å². The minimum Gasteiger partial charge on any atom is -0.396 e. The van der Waals surface area contributed by atoms with E-state index in [9.17, 15) is 0 Å². The lowest BCUT2D eigenvalue weighted by Crippen LogP contribution is -2.07. The maximum absolute atomic E-state index is 5.65. The van der Waals surface area contributed by atoms with Crippen LogP contribution < -0.4 is 16.8 Å². The zero-order chi connectivity index (χ0) is 12.1. The van der Waals surface area contributed by atoms with E-state index in [1.807, 2.05) is 6.07 Å². The second kappa shape index (κ2) is 5.57. The van der Waals surface area contributed by atoms with Crippen LogP contribution in [0.2, 0.25) is 0 Å². The van der Waals surface area contributed by atoms with E-state index in [1.54, 1.807) is 11.6 Å². The van der Waals surface area contributed by atoms with Gasteiger partial charge in [0.25, 0.3) is 0 Å². The maximum atomic E-state index is 5.65. The minimum atomic E-state index is 0.395. The number of allylic oxidation sites excluding steroid dienone is 1. The lowest BCUT2D eigenvalue weighted by atomic mass is 9.97. The Morgan fingerprint density at radius 1 is 1.24 bits per heavy atom. The molecule has 92 valence electrons. The first-order chi connectivity index (χ1) is 8.25. The first-order valence-corrected chi connectivity index (χ1v) is 6.19. The zero-order valence-corrected chi connectivity index (χ0v) is 10.1. The number of rotatable bonds is 4. The van der Waals surface area contributed by atoms with Crippen LogP contribution >= 0.6 is 0 Å². The van der Waals surface area contributed by atoms with Gasteiger partial charge in [-0.25, -0.2) is 4.98 Å². The Balaban J connectivity index is 1.81. The Hall–Kier alpha value is -1.71. The molecule has 1 aliphatic carbocycles. The molecule has 0 amide bonds. The van der Waals surface area contributed by atoms with Gasteiger partial charge in [-0.15, -0.1) is 0 Å². The van der Waals surface area contributed by atoms with Crippen molar-refractivity contribution >= 4 is 17.3 Å². The van der Waals surface area contributed by atoms with Gasteiger partial charge in [0.1, 0.15) is 11.6 Å². The van der Waals surface area contributed by atoms with Crippen LogP contribution in [0.3, 0.4) is 0 Å². The van der Waals surface area contributed by atoms with Crippen molar-refractivity contribution in [1.29, 1.82) is 0 Å². The van der Waals surface area contributed by atoms with Gasteiger partial charge in [0.05, 0.1) is 5.69 Å². The summed E-state index contributed by atoms with van der Waals surface area (Å²) in [5, 5.41) is 3.27. The molecule has 0 aliphatic heterocycles. The van der Waals surface area contributed by atoms with Crippen LogP contribution in [0.5, 0.6) is 0 Å². The molecule has 1 aromatic heterocycles. The molecule has 0 spiro atoms. The van der Waals surface area contributed by atoms with Gasteiger partial charge in [0.15, 0.2) is 0 Å². The van der Waals surface area contributed by atoms with Crippen molar-refractivity contribution in [2.45, 2.75) is 32.1 Å². The van der Waals surface area contributed by atoms with Crippen LogP contribution in [0.25, 0.3) is 0 Å². The third-order valence-corrected chi connectivity index (χ3v) is 3.09. The molecule has 1 aliphatic rings. The SMILES string of the molecule is Nc1ccc(NCCC2=CCCCC2)nc1N. The van der Waals surface area contributed by atoms with Crippen LogP contribution in [-0.4, -0.2) is 11.5 Å². The van der Waals surface area contributed by atoms with Gasteiger partial charge in [-0.3, -0.25) is 0 Å². The Morgan fingerprint density at radius 3 is 2.82 bits per heavy atom. The molecule has 1 heterocycles. The van der Waals surface area contributed by atoms with Gasteiger partial charge in [-0.1, -0.05) is 11.6 Å². The summed E-state index contributed by atoms with van der Waals surface area (Å²) in [5.41, 5.74) is 13.4. The van der Waals surface area contributed by atoms with Gasteiger partial charge in [0, 0.05) is 6.54 Å². The third kappa shape index (κ3) is 3.37. The van der Waals surface area contributed by atoms with Crippen molar-refractivity contribution in [1.82, 2.24) is 4.98 Å². The largest absolute Gasteiger partial charge is 0.396 e. The molecule has 17 heavy (non-hydrogen) atoms. The molecule has 4 nitrogen and oxygen atoms in total. The summed E-state index contributed by atoms with van der Waals surface area (Å²) in [6.45, 7) is 0.905. The Labute approximate surface area is 102 Å². The van der Waals surface area contributed by atoms with Crippen LogP contribution in [-0.2, 0) is 0 Å². The van der Waals surface area contributed by atoms with Crippen LogP contribution in [0, 0.1) is 0 Å². The number of aromatic nitrogens is 1. The van der Waals surface area contributed by atoms with E-state index < -0.39 is 0 Å². The Morgan fingerprint density at radius 2 is 2.12 bits per heavy atom. The second-order valence-electron chi connectivity index (χ2n) is 4.46. The van der Waals surface area contributed by atoms with Crippen LogP contribution in [0.1, 0.15) is 32.1 Å². The number of hydrogen-bond donors (Lipinski definition) is 3. The van der Waals surface area contributed by atoms with Gasteiger partial charge in [-0.05, 0) is 44.2 Å². The van der Waals surface area contributed by atoms with Crippen LogP contribution in [0.4, 0.5) is 17.3 Å². The van der Waals surface area contributed by atoms with E-state index in [1.165, 1.54) is 25.7 Å². The number of pyridine rings is 1. The molecule has 0 unspecified atom stereocenters. The average molecular weight is 232 g/mol. The molecule has 0 bridgehead atoms. The van der Waals surface area contributed by atoms with E-state index in [4.69, 9.17) is 11.5 Å². The maximum Gasteiger partial charge on any atom is 0.149 e. The van der Waals surface area contributed by atoms with Gasteiger partial charge in [-0.2, -0.15) is 0 Å². The van der Waals surface area contributed by atoms with E-state index in [-0.39, 0.29) is 0 Å². The lowest BCUT2D eigenvalue weighted by molar-refractivity contribution is 0.679. The summed E-state index contributed by atoms with van der Waals surface area (Å²) >= 11 is 0. The van der Waals surface area contributed by atoms with Crippen molar-refractivity contribution in [2.75, 3.05) is 23.3 Å². The van der Waals surface area contributed by atoms with Crippen molar-refractivity contribution < 1.29 is 0 Å². The highest BCUT2D eigenvalue weighted by molar-refractivity contribution is 5.61. The number of nitrogens with two attached hydrogens (primary N) is 2. The molecule has 0 saturated carbocycles. The number of nitrogens with zero attached hydrogens (tertiary/aromatic N) is 1. The summed E-state index contributed by atoms with van der Waals surface area (Å²) in [6, 6.07) is 3.64.